The van der Waals surface area contributed by atoms with Crippen molar-refractivity contribution in [2.24, 2.45) is 0 Å². The van der Waals surface area contributed by atoms with E-state index < -0.39 is 5.97 Å². The molecule has 1 aromatic carbocycles. The molecule has 10 heteroatoms. The second-order valence-electron chi connectivity index (χ2n) is 7.26. The molecule has 1 aromatic heterocycles. The largest absolute Gasteiger partial charge is 0.464 e. The van der Waals surface area contributed by atoms with E-state index in [2.05, 4.69) is 20.4 Å². The summed E-state index contributed by atoms with van der Waals surface area (Å²) in [5.74, 6) is -0.727. The Morgan fingerprint density at radius 1 is 1.17 bits per heavy atom. The van der Waals surface area contributed by atoms with Crippen LogP contribution in [-0.4, -0.2) is 79.5 Å². The standard InChI is InChI=1S/C19H23N5O5/c1-23(2)12-6-4-11(5-7-12)18(25)20-14-9-28-17-15(10-29-16(14)17)24-8-13(21-22-24)19(26)27-3/h4-8,14-17H,9-10H2,1-3H3,(H,20,25)/t14-,15+,16-,17+/m1/s1. The van der Waals surface area contributed by atoms with Crippen LogP contribution in [0.5, 0.6) is 0 Å². The molecular formula is C19H23N5O5. The highest BCUT2D eigenvalue weighted by Crippen LogP contribution is 2.34. The monoisotopic (exact) mass is 401 g/mol. The maximum atomic E-state index is 12.6. The maximum Gasteiger partial charge on any atom is 0.360 e. The summed E-state index contributed by atoms with van der Waals surface area (Å²) in [6, 6.07) is 6.88. The Kier molecular flexibility index (Phi) is 5.20. The minimum atomic E-state index is -0.551. The van der Waals surface area contributed by atoms with Crippen LogP contribution < -0.4 is 10.2 Å². The van der Waals surface area contributed by atoms with Crippen molar-refractivity contribution in [1.29, 1.82) is 0 Å². The molecular weight excluding hydrogens is 378 g/mol. The van der Waals surface area contributed by atoms with Crippen molar-refractivity contribution in [3.8, 4) is 0 Å². The zero-order valence-electron chi connectivity index (χ0n) is 16.4. The minimum Gasteiger partial charge on any atom is -0.464 e. The van der Waals surface area contributed by atoms with E-state index in [0.717, 1.165) is 5.69 Å². The summed E-state index contributed by atoms with van der Waals surface area (Å²) in [6.07, 6.45) is 0.934. The molecule has 4 atom stereocenters. The first-order valence-electron chi connectivity index (χ1n) is 9.29. The number of fused-ring (bicyclic) bond motifs is 1. The van der Waals surface area contributed by atoms with Crippen molar-refractivity contribution in [2.75, 3.05) is 39.3 Å². The number of carbonyl (C=O) groups excluding carboxylic acids is 2. The summed E-state index contributed by atoms with van der Waals surface area (Å²) < 4.78 is 18.0. The van der Waals surface area contributed by atoms with Gasteiger partial charge in [-0.25, -0.2) is 9.48 Å². The third-order valence-corrected chi connectivity index (χ3v) is 5.23. The molecule has 29 heavy (non-hydrogen) atoms. The lowest BCUT2D eigenvalue weighted by Crippen LogP contribution is -2.44. The van der Waals surface area contributed by atoms with Gasteiger partial charge in [-0.2, -0.15) is 0 Å². The highest BCUT2D eigenvalue weighted by molar-refractivity contribution is 5.94. The Hall–Kier alpha value is -2.98. The Labute approximate surface area is 167 Å². The quantitative estimate of drug-likeness (QED) is 0.712. The van der Waals surface area contributed by atoms with Crippen LogP contribution in [0.3, 0.4) is 0 Å². The van der Waals surface area contributed by atoms with Crippen molar-refractivity contribution < 1.29 is 23.8 Å². The smallest absolute Gasteiger partial charge is 0.360 e. The van der Waals surface area contributed by atoms with Crippen molar-refractivity contribution >= 4 is 17.6 Å². The summed E-state index contributed by atoms with van der Waals surface area (Å²) in [4.78, 5) is 26.2. The van der Waals surface area contributed by atoms with E-state index in [-0.39, 0.29) is 35.9 Å². The van der Waals surface area contributed by atoms with Crippen LogP contribution in [0, 0.1) is 0 Å². The van der Waals surface area contributed by atoms with Crippen LogP contribution in [0.4, 0.5) is 5.69 Å². The average Bonchev–Trinajstić information content (AvgIpc) is 3.44. The number of benzene rings is 1. The molecule has 2 aromatic rings. The summed E-state index contributed by atoms with van der Waals surface area (Å²) in [7, 11) is 5.18. The number of aromatic nitrogens is 3. The number of esters is 1. The van der Waals surface area contributed by atoms with Crippen LogP contribution in [0.25, 0.3) is 0 Å². The number of anilines is 1. The van der Waals surface area contributed by atoms with Gasteiger partial charge in [0.25, 0.3) is 5.91 Å². The normalized spacial score (nSPS) is 25.5. The van der Waals surface area contributed by atoms with Gasteiger partial charge < -0.3 is 24.4 Å². The highest BCUT2D eigenvalue weighted by Gasteiger charge is 2.49. The molecule has 0 bridgehead atoms. The van der Waals surface area contributed by atoms with Crippen molar-refractivity contribution in [1.82, 2.24) is 20.3 Å². The van der Waals surface area contributed by atoms with E-state index in [0.29, 0.717) is 18.8 Å². The van der Waals surface area contributed by atoms with Crippen molar-refractivity contribution in [2.45, 2.75) is 24.3 Å². The predicted molar refractivity (Wildman–Crippen MR) is 102 cm³/mol. The molecule has 2 aliphatic heterocycles. The van der Waals surface area contributed by atoms with Gasteiger partial charge in [0.1, 0.15) is 18.2 Å². The molecule has 2 fully saturated rings. The SMILES string of the molecule is COC(=O)c1cn([C@H]2CO[C@H]3[C@H]2OC[C@H]3NC(=O)c2ccc(N(C)C)cc2)nn1. The molecule has 10 nitrogen and oxygen atoms in total. The highest BCUT2D eigenvalue weighted by atomic mass is 16.6. The topological polar surface area (TPSA) is 108 Å². The van der Waals surface area contributed by atoms with Gasteiger partial charge in [-0.3, -0.25) is 4.79 Å². The number of hydrogen-bond acceptors (Lipinski definition) is 8. The van der Waals surface area contributed by atoms with Crippen molar-refractivity contribution in [3.05, 3.63) is 41.7 Å². The van der Waals surface area contributed by atoms with E-state index in [1.807, 2.05) is 31.1 Å². The number of nitrogens with one attached hydrogen (secondary N) is 1. The van der Waals surface area contributed by atoms with E-state index in [9.17, 15) is 9.59 Å². The summed E-state index contributed by atoms with van der Waals surface area (Å²) in [5, 5.41) is 10.8. The van der Waals surface area contributed by atoms with Crippen molar-refractivity contribution in [3.63, 3.8) is 0 Å². The third kappa shape index (κ3) is 3.68. The molecule has 0 spiro atoms. The van der Waals surface area contributed by atoms with Crippen LogP contribution in [0.1, 0.15) is 26.9 Å². The van der Waals surface area contributed by atoms with Gasteiger partial charge in [0.15, 0.2) is 5.69 Å². The van der Waals surface area contributed by atoms with Crippen LogP contribution in [-0.2, 0) is 14.2 Å². The maximum absolute atomic E-state index is 12.6. The number of methoxy groups -OCH3 is 1. The summed E-state index contributed by atoms with van der Waals surface area (Å²) in [6.45, 7) is 0.690. The second kappa shape index (κ2) is 7.80. The van der Waals surface area contributed by atoms with E-state index >= 15 is 0 Å². The molecule has 0 radical (unpaired) electrons. The molecule has 4 rings (SSSR count). The zero-order valence-corrected chi connectivity index (χ0v) is 16.4. The first kappa shape index (κ1) is 19.3. The molecule has 1 N–H and O–H groups in total. The van der Waals surface area contributed by atoms with Gasteiger partial charge in [0.05, 0.1) is 32.6 Å². The van der Waals surface area contributed by atoms with Gasteiger partial charge in [-0.05, 0) is 24.3 Å². The fourth-order valence-electron chi connectivity index (χ4n) is 3.63. The molecule has 1 amide bonds. The Morgan fingerprint density at radius 2 is 1.90 bits per heavy atom. The predicted octanol–water partition coefficient (Wildman–Crippen LogP) is 0.268. The lowest BCUT2D eigenvalue weighted by Gasteiger charge is -2.18. The summed E-state index contributed by atoms with van der Waals surface area (Å²) >= 11 is 0. The van der Waals surface area contributed by atoms with Crippen LogP contribution in [0.2, 0.25) is 0 Å². The first-order chi connectivity index (χ1) is 14.0. The summed E-state index contributed by atoms with van der Waals surface area (Å²) in [5.41, 5.74) is 1.72. The lowest BCUT2D eigenvalue weighted by atomic mass is 10.1. The zero-order chi connectivity index (χ0) is 20.5. The minimum absolute atomic E-state index is 0.125. The fourth-order valence-corrected chi connectivity index (χ4v) is 3.63. The number of carbonyl (C=O) groups is 2. The number of amides is 1. The number of ether oxygens (including phenoxy) is 3. The molecule has 2 saturated heterocycles. The lowest BCUT2D eigenvalue weighted by molar-refractivity contribution is 0.0591. The van der Waals surface area contributed by atoms with Gasteiger partial charge in [0, 0.05) is 25.3 Å². The first-order valence-corrected chi connectivity index (χ1v) is 9.29. The Morgan fingerprint density at radius 3 is 2.59 bits per heavy atom. The number of rotatable bonds is 5. The molecule has 0 aliphatic carbocycles. The Bertz CT molecular complexity index is 897. The molecule has 3 heterocycles. The van der Waals surface area contributed by atoms with Gasteiger partial charge in [-0.1, -0.05) is 5.21 Å². The van der Waals surface area contributed by atoms with E-state index in [4.69, 9.17) is 9.47 Å². The van der Waals surface area contributed by atoms with Crippen LogP contribution in [0.15, 0.2) is 30.5 Å². The van der Waals surface area contributed by atoms with Crippen LogP contribution >= 0.6 is 0 Å². The molecule has 2 aliphatic rings. The second-order valence-corrected chi connectivity index (χ2v) is 7.26. The van der Waals surface area contributed by atoms with Gasteiger partial charge in [0.2, 0.25) is 0 Å². The fraction of sp³-hybridized carbons (Fsp3) is 0.474. The molecule has 0 unspecified atom stereocenters. The number of nitrogens with zero attached hydrogens (tertiary/aromatic N) is 4. The Balaban J connectivity index is 1.40. The van der Waals surface area contributed by atoms with Gasteiger partial charge in [-0.15, -0.1) is 5.10 Å². The van der Waals surface area contributed by atoms with E-state index in [1.165, 1.54) is 13.3 Å². The average molecular weight is 401 g/mol. The number of hydrogen-bond donors (Lipinski definition) is 1. The van der Waals surface area contributed by atoms with E-state index in [1.54, 1.807) is 16.8 Å². The molecule has 0 saturated carbocycles. The molecule has 154 valence electrons. The third-order valence-electron chi connectivity index (χ3n) is 5.23. The van der Waals surface area contributed by atoms with Gasteiger partial charge >= 0.3 is 5.97 Å².